The van der Waals surface area contributed by atoms with Crippen molar-refractivity contribution in [3.63, 3.8) is 0 Å². The zero-order valence-corrected chi connectivity index (χ0v) is 13.3. The van der Waals surface area contributed by atoms with Crippen LogP contribution in [0.3, 0.4) is 0 Å². The number of halogens is 2. The lowest BCUT2D eigenvalue weighted by molar-refractivity contribution is 0.0988. The first kappa shape index (κ1) is 14.9. The Morgan fingerprint density at radius 3 is 2.50 bits per heavy atom. The highest BCUT2D eigenvalue weighted by Crippen LogP contribution is 2.28. The zero-order valence-electron chi connectivity index (χ0n) is 10.9. The first-order valence-corrected chi connectivity index (χ1v) is 7.33. The smallest absolute Gasteiger partial charge is 0.259 e. The predicted molar refractivity (Wildman–Crippen MR) is 87.4 cm³/mol. The van der Waals surface area contributed by atoms with Gasteiger partial charge in [0.2, 0.25) is 0 Å². The molecule has 0 aliphatic rings. The van der Waals surface area contributed by atoms with Crippen LogP contribution in [0.15, 0.2) is 46.9 Å². The fourth-order valence-electron chi connectivity index (χ4n) is 1.91. The largest absolute Gasteiger partial charge is 0.399 e. The molecule has 3 nitrogen and oxygen atoms in total. The molecule has 2 aromatic carbocycles. The number of amides is 1. The van der Waals surface area contributed by atoms with E-state index in [1.54, 1.807) is 35.2 Å². The molecule has 0 aliphatic heterocycles. The molecule has 2 aromatic rings. The number of nitrogens with two attached hydrogens (primary N) is 1. The van der Waals surface area contributed by atoms with Crippen molar-refractivity contribution in [2.24, 2.45) is 0 Å². The Labute approximate surface area is 131 Å². The van der Waals surface area contributed by atoms with Gasteiger partial charge in [-0.05, 0) is 59.3 Å². The van der Waals surface area contributed by atoms with Crippen molar-refractivity contribution in [1.29, 1.82) is 0 Å². The maximum absolute atomic E-state index is 12.6. The maximum Gasteiger partial charge on any atom is 0.259 e. The van der Waals surface area contributed by atoms with E-state index < -0.39 is 0 Å². The van der Waals surface area contributed by atoms with E-state index in [2.05, 4.69) is 15.9 Å². The van der Waals surface area contributed by atoms with E-state index in [4.69, 9.17) is 17.3 Å². The van der Waals surface area contributed by atoms with Gasteiger partial charge in [0.1, 0.15) is 0 Å². The van der Waals surface area contributed by atoms with Crippen molar-refractivity contribution in [3.8, 4) is 0 Å². The number of hydrogen-bond acceptors (Lipinski definition) is 2. The van der Waals surface area contributed by atoms with Gasteiger partial charge in [-0.25, -0.2) is 0 Å². The zero-order chi connectivity index (χ0) is 14.7. The van der Waals surface area contributed by atoms with Crippen LogP contribution in [0.2, 0.25) is 5.02 Å². The molecule has 0 spiro atoms. The van der Waals surface area contributed by atoms with Gasteiger partial charge in [0.05, 0.1) is 10.6 Å². The van der Waals surface area contributed by atoms with E-state index in [-0.39, 0.29) is 5.91 Å². The molecule has 0 aromatic heterocycles. The van der Waals surface area contributed by atoms with Crippen molar-refractivity contribution in [2.45, 2.75) is 6.92 Å². The summed E-state index contributed by atoms with van der Waals surface area (Å²) in [6.07, 6.45) is 0. The van der Waals surface area contributed by atoms with Crippen LogP contribution in [0.1, 0.15) is 17.3 Å². The Balaban J connectivity index is 2.39. The van der Waals surface area contributed by atoms with E-state index >= 15 is 0 Å². The SMILES string of the molecule is CCN(C(=O)c1cccc(Br)c1Cl)c1ccc(N)cc1. The van der Waals surface area contributed by atoms with Crippen LogP contribution >= 0.6 is 27.5 Å². The lowest BCUT2D eigenvalue weighted by Crippen LogP contribution is -2.30. The molecule has 0 aliphatic carbocycles. The van der Waals surface area contributed by atoms with Gasteiger partial charge >= 0.3 is 0 Å². The van der Waals surface area contributed by atoms with Crippen LogP contribution in [0.25, 0.3) is 0 Å². The first-order chi connectivity index (χ1) is 9.54. The molecule has 20 heavy (non-hydrogen) atoms. The molecule has 0 unspecified atom stereocenters. The number of benzene rings is 2. The summed E-state index contributed by atoms with van der Waals surface area (Å²) in [5.74, 6) is -0.136. The second kappa shape index (κ2) is 6.29. The van der Waals surface area contributed by atoms with E-state index in [1.807, 2.05) is 19.1 Å². The lowest BCUT2D eigenvalue weighted by Gasteiger charge is -2.22. The number of carbonyl (C=O) groups excluding carboxylic acids is 1. The van der Waals surface area contributed by atoms with Crippen molar-refractivity contribution in [1.82, 2.24) is 0 Å². The molecule has 0 atom stereocenters. The molecule has 2 rings (SSSR count). The van der Waals surface area contributed by atoms with Gasteiger partial charge in [-0.1, -0.05) is 17.7 Å². The van der Waals surface area contributed by atoms with Crippen molar-refractivity contribution in [3.05, 3.63) is 57.5 Å². The summed E-state index contributed by atoms with van der Waals surface area (Å²) in [4.78, 5) is 14.3. The minimum atomic E-state index is -0.136. The fraction of sp³-hybridized carbons (Fsp3) is 0.133. The Hall–Kier alpha value is -1.52. The summed E-state index contributed by atoms with van der Waals surface area (Å²) in [6, 6.07) is 12.5. The van der Waals surface area contributed by atoms with Crippen LogP contribution in [0.5, 0.6) is 0 Å². The fourth-order valence-corrected chi connectivity index (χ4v) is 2.49. The van der Waals surface area contributed by atoms with Gasteiger partial charge in [-0.2, -0.15) is 0 Å². The molecule has 5 heteroatoms. The Kier molecular flexibility index (Phi) is 4.68. The summed E-state index contributed by atoms with van der Waals surface area (Å²) < 4.78 is 0.707. The van der Waals surface area contributed by atoms with E-state index in [0.29, 0.717) is 27.3 Å². The lowest BCUT2D eigenvalue weighted by atomic mass is 10.1. The van der Waals surface area contributed by atoms with Crippen LogP contribution in [-0.2, 0) is 0 Å². The number of nitrogens with zero attached hydrogens (tertiary/aromatic N) is 1. The number of rotatable bonds is 3. The highest BCUT2D eigenvalue weighted by molar-refractivity contribution is 9.10. The molecule has 0 radical (unpaired) electrons. The molecular weight excluding hydrogens is 340 g/mol. The summed E-state index contributed by atoms with van der Waals surface area (Å²) in [5, 5.41) is 0.423. The van der Waals surface area contributed by atoms with Gasteiger partial charge in [-0.3, -0.25) is 4.79 Å². The van der Waals surface area contributed by atoms with Gasteiger partial charge in [0.25, 0.3) is 5.91 Å². The van der Waals surface area contributed by atoms with Crippen LogP contribution in [0.4, 0.5) is 11.4 Å². The van der Waals surface area contributed by atoms with E-state index in [0.717, 1.165) is 5.69 Å². The van der Waals surface area contributed by atoms with Crippen LogP contribution in [-0.4, -0.2) is 12.5 Å². The summed E-state index contributed by atoms with van der Waals surface area (Å²) in [6.45, 7) is 2.46. The first-order valence-electron chi connectivity index (χ1n) is 6.16. The van der Waals surface area contributed by atoms with E-state index in [1.165, 1.54) is 0 Å². The molecule has 0 fully saturated rings. The minimum absolute atomic E-state index is 0.136. The van der Waals surface area contributed by atoms with Crippen LogP contribution < -0.4 is 10.6 Å². The summed E-state index contributed by atoms with van der Waals surface area (Å²) in [7, 11) is 0. The van der Waals surface area contributed by atoms with Gasteiger partial charge in [0, 0.05) is 22.4 Å². The molecule has 0 saturated heterocycles. The number of hydrogen-bond donors (Lipinski definition) is 1. The topological polar surface area (TPSA) is 46.3 Å². The second-order valence-electron chi connectivity index (χ2n) is 4.24. The second-order valence-corrected chi connectivity index (χ2v) is 5.47. The average molecular weight is 354 g/mol. The Morgan fingerprint density at radius 1 is 1.25 bits per heavy atom. The highest BCUT2D eigenvalue weighted by atomic mass is 79.9. The third-order valence-corrected chi connectivity index (χ3v) is 4.24. The summed E-state index contributed by atoms with van der Waals surface area (Å²) in [5.41, 5.74) is 7.60. The van der Waals surface area contributed by atoms with E-state index in [9.17, 15) is 4.79 Å². The molecule has 0 heterocycles. The third-order valence-electron chi connectivity index (χ3n) is 2.95. The molecule has 2 N–H and O–H groups in total. The molecule has 0 saturated carbocycles. The summed E-state index contributed by atoms with van der Waals surface area (Å²) >= 11 is 9.52. The third kappa shape index (κ3) is 2.97. The Bertz CT molecular complexity index is 628. The molecular formula is C15H14BrClN2O. The predicted octanol–water partition coefficient (Wildman–Crippen LogP) is 4.35. The monoisotopic (exact) mass is 352 g/mol. The molecule has 1 amide bonds. The highest BCUT2D eigenvalue weighted by Gasteiger charge is 2.19. The number of anilines is 2. The average Bonchev–Trinajstić information content (AvgIpc) is 2.44. The number of carbonyl (C=O) groups is 1. The molecule has 104 valence electrons. The normalized spacial score (nSPS) is 10.3. The standard InChI is InChI=1S/C15H14BrClN2O/c1-2-19(11-8-6-10(18)7-9-11)15(20)12-4-3-5-13(16)14(12)17/h3-9H,2,18H2,1H3. The van der Waals surface area contributed by atoms with Crippen molar-refractivity contribution in [2.75, 3.05) is 17.2 Å². The van der Waals surface area contributed by atoms with Gasteiger partial charge in [-0.15, -0.1) is 0 Å². The minimum Gasteiger partial charge on any atom is -0.399 e. The quantitative estimate of drug-likeness (QED) is 0.834. The van der Waals surface area contributed by atoms with Crippen molar-refractivity contribution < 1.29 is 4.79 Å². The number of nitrogen functional groups attached to an aromatic ring is 1. The Morgan fingerprint density at radius 2 is 1.90 bits per heavy atom. The molecule has 0 bridgehead atoms. The van der Waals surface area contributed by atoms with Gasteiger partial charge < -0.3 is 10.6 Å². The van der Waals surface area contributed by atoms with Gasteiger partial charge in [0.15, 0.2) is 0 Å². The van der Waals surface area contributed by atoms with Crippen LogP contribution in [0, 0.1) is 0 Å². The maximum atomic E-state index is 12.6. The van der Waals surface area contributed by atoms with Crippen molar-refractivity contribution >= 4 is 44.8 Å².